The Morgan fingerprint density at radius 3 is 2.41 bits per heavy atom. The molecular weight excluding hydrogens is 268 g/mol. The highest BCUT2D eigenvalue weighted by Gasteiger charge is 2.07. The van der Waals surface area contributed by atoms with Crippen molar-refractivity contribution in [2.45, 2.75) is 19.8 Å². The Balaban J connectivity index is 2.30. The van der Waals surface area contributed by atoms with Crippen LogP contribution in [0, 0.1) is 28.6 Å². The van der Waals surface area contributed by atoms with E-state index in [0.717, 1.165) is 24.0 Å². The zero-order valence-electron chi connectivity index (χ0n) is 12.7. The summed E-state index contributed by atoms with van der Waals surface area (Å²) in [6.45, 7) is 5.87. The minimum absolute atomic E-state index is 0.535. The fourth-order valence-corrected chi connectivity index (χ4v) is 2.43. The van der Waals surface area contributed by atoms with Gasteiger partial charge in [-0.2, -0.15) is 10.5 Å². The van der Waals surface area contributed by atoms with Crippen molar-refractivity contribution in [2.75, 3.05) is 0 Å². The molecule has 1 unspecified atom stereocenters. The maximum absolute atomic E-state index is 9.28. The highest BCUT2D eigenvalue weighted by Crippen LogP contribution is 2.22. The Morgan fingerprint density at radius 1 is 1.18 bits per heavy atom. The van der Waals surface area contributed by atoms with Gasteiger partial charge < -0.3 is 0 Å². The molecular formula is C20H18N2. The largest absolute Gasteiger partial charge is 0.192 e. The molecule has 0 heterocycles. The van der Waals surface area contributed by atoms with Crippen LogP contribution >= 0.6 is 0 Å². The van der Waals surface area contributed by atoms with Crippen LogP contribution in [-0.4, -0.2) is 0 Å². The smallest absolute Gasteiger partial charge is 0.0998 e. The van der Waals surface area contributed by atoms with E-state index in [1.165, 1.54) is 0 Å². The molecule has 0 aliphatic heterocycles. The average molecular weight is 286 g/mol. The van der Waals surface area contributed by atoms with Gasteiger partial charge in [-0.3, -0.25) is 0 Å². The van der Waals surface area contributed by atoms with Crippen molar-refractivity contribution in [1.29, 1.82) is 10.5 Å². The molecule has 108 valence electrons. The summed E-state index contributed by atoms with van der Waals surface area (Å²) in [6, 6.07) is 7.78. The van der Waals surface area contributed by atoms with Gasteiger partial charge in [-0.1, -0.05) is 50.0 Å². The summed E-state index contributed by atoms with van der Waals surface area (Å²) in [5.74, 6) is 0.629. The van der Waals surface area contributed by atoms with Gasteiger partial charge in [-0.05, 0) is 47.6 Å². The van der Waals surface area contributed by atoms with Crippen LogP contribution in [-0.2, 0) is 0 Å². The van der Waals surface area contributed by atoms with Crippen molar-refractivity contribution < 1.29 is 0 Å². The molecule has 22 heavy (non-hydrogen) atoms. The van der Waals surface area contributed by atoms with Crippen LogP contribution in [0.5, 0.6) is 0 Å². The second kappa shape index (κ2) is 7.25. The van der Waals surface area contributed by atoms with E-state index >= 15 is 0 Å². The number of benzene rings is 1. The van der Waals surface area contributed by atoms with Crippen LogP contribution < -0.4 is 0 Å². The summed E-state index contributed by atoms with van der Waals surface area (Å²) in [6.07, 6.45) is 14.2. The molecule has 1 aliphatic rings. The summed E-state index contributed by atoms with van der Waals surface area (Å²) < 4.78 is 0. The monoisotopic (exact) mass is 286 g/mol. The molecule has 2 nitrogen and oxygen atoms in total. The van der Waals surface area contributed by atoms with Crippen molar-refractivity contribution in [2.24, 2.45) is 5.92 Å². The molecule has 0 amide bonds. The lowest BCUT2D eigenvalue weighted by atomic mass is 9.93. The molecule has 1 aromatic carbocycles. The third kappa shape index (κ3) is 3.43. The van der Waals surface area contributed by atoms with E-state index in [1.807, 2.05) is 12.2 Å². The van der Waals surface area contributed by atoms with E-state index in [4.69, 9.17) is 0 Å². The van der Waals surface area contributed by atoms with Gasteiger partial charge in [-0.25, -0.2) is 0 Å². The first-order valence-electron chi connectivity index (χ1n) is 7.39. The molecule has 0 aromatic heterocycles. The molecule has 2 rings (SSSR count). The SMILES string of the molecule is C=Cc1cc(C#N)c(C=CC2=CCC(CC)C=C2)cc1C#N. The van der Waals surface area contributed by atoms with E-state index in [-0.39, 0.29) is 0 Å². The van der Waals surface area contributed by atoms with Gasteiger partial charge in [0.2, 0.25) is 0 Å². The number of hydrogen-bond acceptors (Lipinski definition) is 2. The number of allylic oxidation sites excluding steroid dienone is 5. The van der Waals surface area contributed by atoms with Gasteiger partial charge in [0.15, 0.2) is 0 Å². The van der Waals surface area contributed by atoms with E-state index in [0.29, 0.717) is 22.6 Å². The highest BCUT2D eigenvalue weighted by atomic mass is 14.3. The van der Waals surface area contributed by atoms with Crippen molar-refractivity contribution >= 4 is 12.2 Å². The van der Waals surface area contributed by atoms with Crippen molar-refractivity contribution in [3.8, 4) is 12.1 Å². The highest BCUT2D eigenvalue weighted by molar-refractivity contribution is 5.68. The molecule has 0 spiro atoms. The van der Waals surface area contributed by atoms with Gasteiger partial charge in [0.05, 0.1) is 23.3 Å². The Hall–Kier alpha value is -2.84. The maximum atomic E-state index is 9.28. The Morgan fingerprint density at radius 2 is 1.86 bits per heavy atom. The Bertz CT molecular complexity index is 749. The van der Waals surface area contributed by atoms with Crippen molar-refractivity contribution in [3.05, 3.63) is 70.8 Å². The standard InChI is InChI=1S/C20H18N2/c1-3-15-5-7-16(8-6-15)9-10-18-12-19(13-21)17(4-2)11-20(18)14-22/h4-5,7-12,15H,2-3,6H2,1H3. The first-order valence-corrected chi connectivity index (χ1v) is 7.39. The Kier molecular flexibility index (Phi) is 5.12. The number of hydrogen-bond donors (Lipinski definition) is 0. The normalized spacial score (nSPS) is 16.9. The molecule has 2 heteroatoms. The quantitative estimate of drug-likeness (QED) is 0.782. The van der Waals surface area contributed by atoms with Crippen molar-refractivity contribution in [1.82, 2.24) is 0 Å². The van der Waals surface area contributed by atoms with Gasteiger partial charge in [0.1, 0.15) is 0 Å². The molecule has 0 saturated heterocycles. The van der Waals surface area contributed by atoms with Gasteiger partial charge >= 0.3 is 0 Å². The topological polar surface area (TPSA) is 47.6 Å². The molecule has 0 N–H and O–H groups in total. The summed E-state index contributed by atoms with van der Waals surface area (Å²) in [7, 11) is 0. The minimum atomic E-state index is 0.535. The number of nitrogens with zero attached hydrogens (tertiary/aromatic N) is 2. The first-order chi connectivity index (χ1) is 10.7. The second-order valence-electron chi connectivity index (χ2n) is 5.26. The lowest BCUT2D eigenvalue weighted by Gasteiger charge is -2.12. The number of nitriles is 2. The predicted octanol–water partition coefficient (Wildman–Crippen LogP) is 5.00. The van der Waals surface area contributed by atoms with E-state index < -0.39 is 0 Å². The van der Waals surface area contributed by atoms with Crippen LogP contribution in [0.1, 0.15) is 42.0 Å². The fourth-order valence-electron chi connectivity index (χ4n) is 2.43. The molecule has 1 atom stereocenters. The summed E-state index contributed by atoms with van der Waals surface area (Å²) in [5, 5.41) is 18.5. The lowest BCUT2D eigenvalue weighted by molar-refractivity contribution is 0.631. The average Bonchev–Trinajstić information content (AvgIpc) is 2.59. The van der Waals surface area contributed by atoms with Crippen LogP contribution in [0.25, 0.3) is 12.2 Å². The third-order valence-electron chi connectivity index (χ3n) is 3.88. The summed E-state index contributed by atoms with van der Waals surface area (Å²) in [4.78, 5) is 0. The van der Waals surface area contributed by atoms with E-state index in [1.54, 1.807) is 18.2 Å². The zero-order chi connectivity index (χ0) is 15.9. The van der Waals surface area contributed by atoms with Crippen LogP contribution in [0.4, 0.5) is 0 Å². The zero-order valence-corrected chi connectivity index (χ0v) is 12.7. The summed E-state index contributed by atoms with van der Waals surface area (Å²) in [5.41, 5.74) is 3.68. The van der Waals surface area contributed by atoms with Crippen LogP contribution in [0.2, 0.25) is 0 Å². The fraction of sp³-hybridized carbons (Fsp3) is 0.200. The Labute approximate surface area is 132 Å². The molecule has 0 radical (unpaired) electrons. The molecule has 0 fully saturated rings. The predicted molar refractivity (Wildman–Crippen MR) is 90.6 cm³/mol. The maximum Gasteiger partial charge on any atom is 0.0998 e. The third-order valence-corrected chi connectivity index (χ3v) is 3.88. The van der Waals surface area contributed by atoms with E-state index in [9.17, 15) is 10.5 Å². The van der Waals surface area contributed by atoms with Gasteiger partial charge in [-0.15, -0.1) is 0 Å². The first kappa shape index (κ1) is 15.5. The molecule has 1 aromatic rings. The van der Waals surface area contributed by atoms with Crippen LogP contribution in [0.3, 0.4) is 0 Å². The molecule has 1 aliphatic carbocycles. The minimum Gasteiger partial charge on any atom is -0.192 e. The second-order valence-corrected chi connectivity index (χ2v) is 5.26. The van der Waals surface area contributed by atoms with E-state index in [2.05, 4.69) is 43.9 Å². The molecule has 0 saturated carbocycles. The van der Waals surface area contributed by atoms with Gasteiger partial charge in [0, 0.05) is 0 Å². The van der Waals surface area contributed by atoms with Gasteiger partial charge in [0.25, 0.3) is 0 Å². The lowest BCUT2D eigenvalue weighted by Crippen LogP contribution is -1.96. The number of rotatable bonds is 4. The summed E-state index contributed by atoms with van der Waals surface area (Å²) >= 11 is 0. The molecule has 0 bridgehead atoms. The van der Waals surface area contributed by atoms with Crippen molar-refractivity contribution in [3.63, 3.8) is 0 Å². The van der Waals surface area contributed by atoms with Crippen LogP contribution in [0.15, 0.2) is 48.6 Å².